The minimum Gasteiger partial charge on any atom is -0.348 e. The second kappa shape index (κ2) is 7.94. The van der Waals surface area contributed by atoms with E-state index in [1.54, 1.807) is 38.4 Å². The molecule has 2 amide bonds. The van der Waals surface area contributed by atoms with Crippen LogP contribution in [0.4, 0.5) is 0 Å². The van der Waals surface area contributed by atoms with E-state index in [-0.39, 0.29) is 11.8 Å². The fourth-order valence-corrected chi connectivity index (χ4v) is 1.57. The van der Waals surface area contributed by atoms with Gasteiger partial charge in [0.05, 0.1) is 0 Å². The smallest absolute Gasteiger partial charge is 0.253 e. The molecule has 106 valence electrons. The van der Waals surface area contributed by atoms with Gasteiger partial charge in [0.2, 0.25) is 5.91 Å². The lowest BCUT2D eigenvalue weighted by molar-refractivity contribution is -0.116. The number of rotatable bonds is 5. The van der Waals surface area contributed by atoms with Crippen LogP contribution in [0.1, 0.15) is 22.8 Å². The van der Waals surface area contributed by atoms with E-state index in [4.69, 9.17) is 0 Å². The Kier molecular flexibility index (Phi) is 6.23. The number of hydrogen-bond donors (Lipinski definition) is 1. The van der Waals surface area contributed by atoms with Gasteiger partial charge in [-0.25, -0.2) is 0 Å². The fourth-order valence-electron chi connectivity index (χ4n) is 1.57. The normalized spacial score (nSPS) is 10.9. The first-order valence-electron chi connectivity index (χ1n) is 6.42. The van der Waals surface area contributed by atoms with Gasteiger partial charge >= 0.3 is 0 Å². The minimum atomic E-state index is -0.160. The Bertz CT molecular complexity index is 531. The number of nitrogens with zero attached hydrogens (tertiary/aromatic N) is 1. The third-order valence-electron chi connectivity index (χ3n) is 2.60. The number of carbonyl (C=O) groups is 2. The molecule has 1 aromatic carbocycles. The molecule has 0 aliphatic heterocycles. The molecule has 1 aromatic rings. The molecule has 4 nitrogen and oxygen atoms in total. The van der Waals surface area contributed by atoms with E-state index in [2.05, 4.69) is 5.32 Å². The van der Waals surface area contributed by atoms with Crippen molar-refractivity contribution in [1.82, 2.24) is 10.2 Å². The summed E-state index contributed by atoms with van der Waals surface area (Å²) in [5.41, 5.74) is 1.51. The summed E-state index contributed by atoms with van der Waals surface area (Å²) < 4.78 is 0. The van der Waals surface area contributed by atoms with Crippen LogP contribution in [0, 0.1) is 0 Å². The molecule has 0 radical (unpaired) electrons. The number of carbonyl (C=O) groups excluding carboxylic acids is 2. The van der Waals surface area contributed by atoms with E-state index in [1.807, 2.05) is 25.1 Å². The second-order valence-electron chi connectivity index (χ2n) is 4.50. The maximum atomic E-state index is 11.8. The summed E-state index contributed by atoms with van der Waals surface area (Å²) in [7, 11) is 3.42. The van der Waals surface area contributed by atoms with Crippen molar-refractivity contribution in [2.75, 3.05) is 14.1 Å². The molecule has 1 rings (SSSR count). The van der Waals surface area contributed by atoms with E-state index in [0.29, 0.717) is 12.1 Å². The van der Waals surface area contributed by atoms with Crippen LogP contribution in [0.3, 0.4) is 0 Å². The maximum absolute atomic E-state index is 11.8. The fraction of sp³-hybridized carbons (Fsp3) is 0.250. The highest BCUT2D eigenvalue weighted by Gasteiger charge is 2.08. The first-order chi connectivity index (χ1) is 9.54. The Morgan fingerprint density at radius 3 is 2.65 bits per heavy atom. The van der Waals surface area contributed by atoms with Gasteiger partial charge in [-0.3, -0.25) is 9.59 Å². The third-order valence-corrected chi connectivity index (χ3v) is 2.60. The van der Waals surface area contributed by atoms with E-state index >= 15 is 0 Å². The zero-order valence-corrected chi connectivity index (χ0v) is 12.1. The van der Waals surface area contributed by atoms with Gasteiger partial charge in [0.15, 0.2) is 0 Å². The van der Waals surface area contributed by atoms with E-state index in [0.717, 1.165) is 5.56 Å². The molecule has 0 bridgehead atoms. The standard InChI is InChI=1S/C16H20N2O2/c1-4-5-6-10-15(19)17-12-13-8-7-9-14(11-13)16(20)18(2)3/h4-11H,12H2,1-3H3,(H,17,19)/b5-4+,10-6+. The lowest BCUT2D eigenvalue weighted by atomic mass is 10.1. The topological polar surface area (TPSA) is 49.4 Å². The number of nitrogens with one attached hydrogen (secondary N) is 1. The molecule has 20 heavy (non-hydrogen) atoms. The van der Waals surface area contributed by atoms with Gasteiger partial charge in [-0.1, -0.05) is 30.4 Å². The van der Waals surface area contributed by atoms with Crippen molar-refractivity contribution in [3.63, 3.8) is 0 Å². The summed E-state index contributed by atoms with van der Waals surface area (Å²) in [5, 5.41) is 2.77. The van der Waals surface area contributed by atoms with Gasteiger partial charge < -0.3 is 10.2 Å². The highest BCUT2D eigenvalue weighted by atomic mass is 16.2. The average molecular weight is 272 g/mol. The summed E-state index contributed by atoms with van der Waals surface area (Å²) >= 11 is 0. The van der Waals surface area contributed by atoms with Crippen molar-refractivity contribution in [2.24, 2.45) is 0 Å². The molecule has 0 unspecified atom stereocenters. The van der Waals surface area contributed by atoms with Crippen LogP contribution in [-0.4, -0.2) is 30.8 Å². The molecule has 0 heterocycles. The monoisotopic (exact) mass is 272 g/mol. The van der Waals surface area contributed by atoms with Gasteiger partial charge in [-0.05, 0) is 24.6 Å². The molecule has 0 saturated carbocycles. The average Bonchev–Trinajstić information content (AvgIpc) is 2.45. The molecular formula is C16H20N2O2. The third kappa shape index (κ3) is 5.10. The SMILES string of the molecule is C/C=C/C=C/C(=O)NCc1cccc(C(=O)N(C)C)c1. The van der Waals surface area contributed by atoms with Gasteiger partial charge in [-0.15, -0.1) is 0 Å². The van der Waals surface area contributed by atoms with Gasteiger partial charge in [0.25, 0.3) is 5.91 Å². The quantitative estimate of drug-likeness (QED) is 0.659. The maximum Gasteiger partial charge on any atom is 0.253 e. The zero-order chi connectivity index (χ0) is 15.0. The lowest BCUT2D eigenvalue weighted by Gasteiger charge is -2.11. The van der Waals surface area contributed by atoms with Crippen molar-refractivity contribution in [3.05, 3.63) is 59.7 Å². The van der Waals surface area contributed by atoms with Crippen LogP contribution in [0.5, 0.6) is 0 Å². The molecule has 4 heteroatoms. The highest BCUT2D eigenvalue weighted by molar-refractivity contribution is 5.94. The molecule has 0 aliphatic carbocycles. The van der Waals surface area contributed by atoms with Gasteiger partial charge in [0, 0.05) is 32.3 Å². The van der Waals surface area contributed by atoms with Crippen LogP contribution in [0.15, 0.2) is 48.6 Å². The number of hydrogen-bond acceptors (Lipinski definition) is 2. The Balaban J connectivity index is 2.63. The molecule has 0 aliphatic rings. The predicted octanol–water partition coefficient (Wildman–Crippen LogP) is 2.14. The summed E-state index contributed by atoms with van der Waals surface area (Å²) in [4.78, 5) is 24.9. The summed E-state index contributed by atoms with van der Waals surface area (Å²) in [6.07, 6.45) is 6.78. The molecule has 0 saturated heterocycles. The molecule has 0 atom stereocenters. The number of allylic oxidation sites excluding steroid dienone is 3. The summed E-state index contributed by atoms with van der Waals surface area (Å²) in [6, 6.07) is 7.24. The van der Waals surface area contributed by atoms with Crippen molar-refractivity contribution in [1.29, 1.82) is 0 Å². The second-order valence-corrected chi connectivity index (χ2v) is 4.50. The van der Waals surface area contributed by atoms with Crippen molar-refractivity contribution in [3.8, 4) is 0 Å². The first-order valence-corrected chi connectivity index (χ1v) is 6.42. The predicted molar refractivity (Wildman–Crippen MR) is 80.3 cm³/mol. The van der Waals surface area contributed by atoms with Crippen molar-refractivity contribution < 1.29 is 9.59 Å². The Morgan fingerprint density at radius 1 is 1.25 bits per heavy atom. The van der Waals surface area contributed by atoms with Crippen molar-refractivity contribution >= 4 is 11.8 Å². The zero-order valence-electron chi connectivity index (χ0n) is 12.1. The minimum absolute atomic E-state index is 0.0499. The number of benzene rings is 1. The van der Waals surface area contributed by atoms with Crippen LogP contribution in [-0.2, 0) is 11.3 Å². The molecular weight excluding hydrogens is 252 g/mol. The summed E-state index contributed by atoms with van der Waals surface area (Å²) in [5.74, 6) is -0.210. The molecule has 1 N–H and O–H groups in total. The van der Waals surface area contributed by atoms with Crippen LogP contribution < -0.4 is 5.32 Å². The largest absolute Gasteiger partial charge is 0.348 e. The first kappa shape index (κ1) is 15.7. The van der Waals surface area contributed by atoms with E-state index in [9.17, 15) is 9.59 Å². The van der Waals surface area contributed by atoms with Crippen molar-refractivity contribution in [2.45, 2.75) is 13.5 Å². The highest BCUT2D eigenvalue weighted by Crippen LogP contribution is 2.07. The Morgan fingerprint density at radius 2 is 2.00 bits per heavy atom. The Hall–Kier alpha value is -2.36. The van der Waals surface area contributed by atoms with E-state index in [1.165, 1.54) is 11.0 Å². The lowest BCUT2D eigenvalue weighted by Crippen LogP contribution is -2.23. The van der Waals surface area contributed by atoms with E-state index < -0.39 is 0 Å². The van der Waals surface area contributed by atoms with Gasteiger partial charge in [-0.2, -0.15) is 0 Å². The molecule has 0 aromatic heterocycles. The van der Waals surface area contributed by atoms with Gasteiger partial charge in [0.1, 0.15) is 0 Å². The molecule has 0 fully saturated rings. The van der Waals surface area contributed by atoms with Crippen LogP contribution in [0.2, 0.25) is 0 Å². The summed E-state index contributed by atoms with van der Waals surface area (Å²) in [6.45, 7) is 2.28. The number of amides is 2. The van der Waals surface area contributed by atoms with Crippen LogP contribution >= 0.6 is 0 Å². The Labute approximate surface area is 119 Å². The van der Waals surface area contributed by atoms with Crippen LogP contribution in [0.25, 0.3) is 0 Å². The molecule has 0 spiro atoms.